The Bertz CT molecular complexity index is 567. The van der Waals surface area contributed by atoms with Crippen molar-refractivity contribution in [3.8, 4) is 5.75 Å². The minimum atomic E-state index is -1.05. The molecule has 140 valence electrons. The summed E-state index contributed by atoms with van der Waals surface area (Å²) in [6.45, 7) is 7.52. The number of hydrogen-bond donors (Lipinski definition) is 2. The van der Waals surface area contributed by atoms with Crippen LogP contribution in [0.5, 0.6) is 5.75 Å². The van der Waals surface area contributed by atoms with E-state index in [2.05, 4.69) is 24.0 Å². The van der Waals surface area contributed by atoms with Crippen LogP contribution >= 0.6 is 0 Å². The van der Waals surface area contributed by atoms with Crippen molar-refractivity contribution >= 4 is 0 Å². The molecule has 2 N–H and O–H groups in total. The molecule has 5 heteroatoms. The van der Waals surface area contributed by atoms with E-state index in [0.29, 0.717) is 6.42 Å². The maximum absolute atomic E-state index is 10.4. The zero-order chi connectivity index (χ0) is 17.9. The van der Waals surface area contributed by atoms with Crippen LogP contribution in [-0.4, -0.2) is 58.7 Å². The fraction of sp³-hybridized carbons (Fsp3) is 0.700. The van der Waals surface area contributed by atoms with Gasteiger partial charge in [-0.05, 0) is 32.3 Å². The van der Waals surface area contributed by atoms with E-state index in [9.17, 15) is 10.2 Å². The molecule has 0 aromatic heterocycles. The van der Waals surface area contributed by atoms with E-state index in [1.165, 1.54) is 5.56 Å². The summed E-state index contributed by atoms with van der Waals surface area (Å²) in [5.74, 6) is 0.976. The van der Waals surface area contributed by atoms with Crippen LogP contribution in [0.3, 0.4) is 0 Å². The van der Waals surface area contributed by atoms with Crippen molar-refractivity contribution in [1.29, 1.82) is 0 Å². The van der Waals surface area contributed by atoms with Crippen LogP contribution in [0.25, 0.3) is 0 Å². The Labute approximate surface area is 150 Å². The van der Waals surface area contributed by atoms with Gasteiger partial charge in [0.25, 0.3) is 0 Å². The number of likely N-dealkylation sites (tertiary alicyclic amines) is 1. The molecule has 1 aromatic rings. The molecule has 0 unspecified atom stereocenters. The van der Waals surface area contributed by atoms with Gasteiger partial charge in [-0.15, -0.1) is 0 Å². The summed E-state index contributed by atoms with van der Waals surface area (Å²) in [7, 11) is 0. The normalized spacial score (nSPS) is 29.7. The summed E-state index contributed by atoms with van der Waals surface area (Å²) in [4.78, 5) is 2.42. The molecule has 5 nitrogen and oxygen atoms in total. The second-order valence-electron chi connectivity index (χ2n) is 7.78. The lowest BCUT2D eigenvalue weighted by Crippen LogP contribution is -2.59. The Balaban J connectivity index is 1.58. The van der Waals surface area contributed by atoms with Gasteiger partial charge in [-0.3, -0.25) is 4.90 Å². The van der Waals surface area contributed by atoms with Crippen molar-refractivity contribution in [3.63, 3.8) is 0 Å². The lowest BCUT2D eigenvalue weighted by atomic mass is 9.76. The topological polar surface area (TPSA) is 62.2 Å². The van der Waals surface area contributed by atoms with Crippen LogP contribution in [0.1, 0.15) is 45.1 Å². The number of ether oxygens (including phenoxy) is 2. The molecule has 0 bridgehead atoms. The smallest absolute Gasteiger partial charge is 0.123 e. The highest BCUT2D eigenvalue weighted by Gasteiger charge is 2.48. The first-order chi connectivity index (χ1) is 11.9. The summed E-state index contributed by atoms with van der Waals surface area (Å²) >= 11 is 0. The highest BCUT2D eigenvalue weighted by molar-refractivity contribution is 5.33. The largest absolute Gasteiger partial charge is 0.493 e. The highest BCUT2D eigenvalue weighted by Crippen LogP contribution is 2.40. The van der Waals surface area contributed by atoms with E-state index < -0.39 is 11.7 Å². The molecular formula is C20H31NO4. The molecule has 2 aliphatic heterocycles. The monoisotopic (exact) mass is 349 g/mol. The molecule has 0 radical (unpaired) electrons. The van der Waals surface area contributed by atoms with Gasteiger partial charge >= 0.3 is 0 Å². The summed E-state index contributed by atoms with van der Waals surface area (Å²) in [5, 5.41) is 20.3. The Morgan fingerprint density at radius 3 is 2.68 bits per heavy atom. The molecule has 2 heterocycles. The molecule has 1 aromatic carbocycles. The molecule has 25 heavy (non-hydrogen) atoms. The van der Waals surface area contributed by atoms with E-state index in [1.807, 2.05) is 12.1 Å². The van der Waals surface area contributed by atoms with Gasteiger partial charge < -0.3 is 19.7 Å². The van der Waals surface area contributed by atoms with Gasteiger partial charge in [0.05, 0.1) is 24.4 Å². The first-order valence-electron chi connectivity index (χ1n) is 9.42. The van der Waals surface area contributed by atoms with E-state index in [1.54, 1.807) is 6.92 Å². The maximum atomic E-state index is 10.4. The molecule has 2 aliphatic rings. The number of aliphatic hydroxyl groups is 2. The predicted octanol–water partition coefficient (Wildman–Crippen LogP) is 2.34. The molecule has 0 saturated carbocycles. The van der Waals surface area contributed by atoms with Gasteiger partial charge in [0.1, 0.15) is 11.9 Å². The van der Waals surface area contributed by atoms with E-state index in [-0.39, 0.29) is 12.2 Å². The van der Waals surface area contributed by atoms with Crippen molar-refractivity contribution in [2.24, 2.45) is 0 Å². The number of benzene rings is 1. The van der Waals surface area contributed by atoms with E-state index >= 15 is 0 Å². The lowest BCUT2D eigenvalue weighted by molar-refractivity contribution is -0.223. The van der Waals surface area contributed by atoms with Crippen molar-refractivity contribution in [1.82, 2.24) is 4.90 Å². The van der Waals surface area contributed by atoms with Gasteiger partial charge in [0, 0.05) is 31.6 Å². The molecule has 2 saturated heterocycles. The third-order valence-corrected chi connectivity index (χ3v) is 5.54. The molecule has 3 rings (SSSR count). The first-order valence-corrected chi connectivity index (χ1v) is 9.42. The summed E-state index contributed by atoms with van der Waals surface area (Å²) in [6, 6.07) is 8.25. The molecule has 0 aliphatic carbocycles. The van der Waals surface area contributed by atoms with Crippen LogP contribution in [-0.2, 0) is 11.3 Å². The minimum Gasteiger partial charge on any atom is -0.493 e. The molecule has 2 fully saturated rings. The quantitative estimate of drug-likeness (QED) is 0.854. The zero-order valence-corrected chi connectivity index (χ0v) is 15.4. The predicted molar refractivity (Wildman–Crippen MR) is 96.7 cm³/mol. The summed E-state index contributed by atoms with van der Waals surface area (Å²) in [5.41, 5.74) is -0.128. The number of para-hydroxylation sites is 1. The van der Waals surface area contributed by atoms with Gasteiger partial charge in [0.15, 0.2) is 0 Å². The fourth-order valence-electron chi connectivity index (χ4n) is 3.92. The summed E-state index contributed by atoms with van der Waals surface area (Å²) in [6.07, 6.45) is 2.48. The molecular weight excluding hydrogens is 318 g/mol. The van der Waals surface area contributed by atoms with Crippen LogP contribution < -0.4 is 4.74 Å². The number of nitrogens with zero attached hydrogens (tertiary/aromatic N) is 1. The molecule has 1 spiro atoms. The zero-order valence-electron chi connectivity index (χ0n) is 15.4. The Kier molecular flexibility index (Phi) is 5.68. The average molecular weight is 349 g/mol. The van der Waals surface area contributed by atoms with Crippen LogP contribution in [0.15, 0.2) is 24.3 Å². The van der Waals surface area contributed by atoms with Crippen molar-refractivity contribution in [2.75, 3.05) is 26.3 Å². The molecule has 2 atom stereocenters. The number of hydrogen-bond acceptors (Lipinski definition) is 5. The Morgan fingerprint density at radius 2 is 2.00 bits per heavy atom. The number of aliphatic hydroxyl groups excluding tert-OH is 1. The number of rotatable bonds is 5. The fourth-order valence-corrected chi connectivity index (χ4v) is 3.92. The van der Waals surface area contributed by atoms with Crippen molar-refractivity contribution < 1.29 is 19.7 Å². The van der Waals surface area contributed by atoms with Gasteiger partial charge in [0.2, 0.25) is 0 Å². The van der Waals surface area contributed by atoms with Crippen LogP contribution in [0.4, 0.5) is 0 Å². The number of piperidine rings is 1. The van der Waals surface area contributed by atoms with Gasteiger partial charge in [-0.2, -0.15) is 0 Å². The van der Waals surface area contributed by atoms with Crippen LogP contribution in [0.2, 0.25) is 0 Å². The lowest BCUT2D eigenvalue weighted by Gasteiger charge is -2.50. The average Bonchev–Trinajstić information content (AvgIpc) is 2.60. The highest BCUT2D eigenvalue weighted by atomic mass is 16.5. The van der Waals surface area contributed by atoms with E-state index in [0.717, 1.165) is 51.3 Å². The second-order valence-corrected chi connectivity index (χ2v) is 7.78. The third-order valence-electron chi connectivity index (χ3n) is 5.54. The standard InChI is InChI=1S/C20H31NO4/c1-3-12-24-17-7-5-4-6-16(17)13-21-10-8-20(9-11-21)15-19(2,23)18(22)14-25-20/h4-7,18,22-23H,3,8-15H2,1-2H3/t18-,19-/m0/s1. The molecule has 0 amide bonds. The maximum Gasteiger partial charge on any atom is 0.123 e. The van der Waals surface area contributed by atoms with E-state index in [4.69, 9.17) is 9.47 Å². The van der Waals surface area contributed by atoms with Crippen LogP contribution in [0, 0.1) is 0 Å². The van der Waals surface area contributed by atoms with Gasteiger partial charge in [-0.25, -0.2) is 0 Å². The Morgan fingerprint density at radius 1 is 1.28 bits per heavy atom. The second kappa shape index (κ2) is 7.62. The van der Waals surface area contributed by atoms with Gasteiger partial charge in [-0.1, -0.05) is 25.1 Å². The Hall–Kier alpha value is -1.14. The van der Waals surface area contributed by atoms with Crippen molar-refractivity contribution in [3.05, 3.63) is 29.8 Å². The minimum absolute atomic E-state index is 0.223. The first kappa shape index (κ1) is 18.6. The SMILES string of the molecule is CCCOc1ccccc1CN1CCC2(CC1)C[C@](C)(O)[C@@H](O)CO2. The third kappa shape index (κ3) is 4.34. The summed E-state index contributed by atoms with van der Waals surface area (Å²) < 4.78 is 11.8. The van der Waals surface area contributed by atoms with Crippen molar-refractivity contribution in [2.45, 2.75) is 63.4 Å².